The monoisotopic (exact) mass is 277 g/mol. The Morgan fingerprint density at radius 3 is 3.00 bits per heavy atom. The maximum Gasteiger partial charge on any atom is 0.0613 e. The lowest BCUT2D eigenvalue weighted by atomic mass is 9.86. The zero-order valence-electron chi connectivity index (χ0n) is 12.5. The van der Waals surface area contributed by atoms with E-state index < -0.39 is 0 Å². The molecular formula is C16H27N3O. The lowest BCUT2D eigenvalue weighted by Gasteiger charge is -2.30. The predicted molar refractivity (Wildman–Crippen MR) is 81.4 cm³/mol. The first-order valence-corrected chi connectivity index (χ1v) is 7.62. The van der Waals surface area contributed by atoms with Gasteiger partial charge in [-0.25, -0.2) is 0 Å². The minimum Gasteiger partial charge on any atom is -0.394 e. The molecule has 0 radical (unpaired) electrons. The Morgan fingerprint density at radius 1 is 1.45 bits per heavy atom. The second-order valence-electron chi connectivity index (χ2n) is 6.14. The summed E-state index contributed by atoms with van der Waals surface area (Å²) in [6.07, 6.45) is 7.18. The number of aromatic nitrogens is 1. The van der Waals surface area contributed by atoms with Gasteiger partial charge in [0, 0.05) is 30.4 Å². The van der Waals surface area contributed by atoms with Crippen molar-refractivity contribution in [2.45, 2.75) is 37.6 Å². The van der Waals surface area contributed by atoms with E-state index in [-0.39, 0.29) is 12.1 Å². The third-order valence-electron chi connectivity index (χ3n) is 4.64. The maximum absolute atomic E-state index is 9.47. The standard InChI is InChI=1S/C16H27N3O/c1-19(12-8-15-6-2-3-10-18-15)11-7-14-5-4-9-16(14,17)13-20/h2-3,6,10,14,20H,4-5,7-9,11-13,17H2,1H3. The molecule has 0 amide bonds. The number of pyridine rings is 1. The largest absolute Gasteiger partial charge is 0.394 e. The Bertz CT molecular complexity index is 398. The third kappa shape index (κ3) is 4.01. The molecule has 1 fully saturated rings. The van der Waals surface area contributed by atoms with Gasteiger partial charge in [0.25, 0.3) is 0 Å². The molecule has 2 atom stereocenters. The predicted octanol–water partition coefficient (Wildman–Crippen LogP) is 1.44. The van der Waals surface area contributed by atoms with Crippen LogP contribution < -0.4 is 5.73 Å². The average Bonchev–Trinajstić information content (AvgIpc) is 2.86. The Balaban J connectivity index is 1.71. The van der Waals surface area contributed by atoms with Gasteiger partial charge in [-0.3, -0.25) is 4.98 Å². The van der Waals surface area contributed by atoms with E-state index >= 15 is 0 Å². The Hall–Kier alpha value is -0.970. The highest BCUT2D eigenvalue weighted by atomic mass is 16.3. The van der Waals surface area contributed by atoms with E-state index in [0.29, 0.717) is 5.92 Å². The highest BCUT2D eigenvalue weighted by Crippen LogP contribution is 2.35. The van der Waals surface area contributed by atoms with Crippen LogP contribution in [0.1, 0.15) is 31.4 Å². The zero-order valence-corrected chi connectivity index (χ0v) is 12.5. The van der Waals surface area contributed by atoms with E-state index in [2.05, 4.69) is 23.0 Å². The SMILES string of the molecule is CN(CCc1ccccn1)CCC1CCCC1(N)CO. The van der Waals surface area contributed by atoms with E-state index in [1.165, 1.54) is 0 Å². The second-order valence-corrected chi connectivity index (χ2v) is 6.14. The van der Waals surface area contributed by atoms with Crippen molar-refractivity contribution in [1.82, 2.24) is 9.88 Å². The summed E-state index contributed by atoms with van der Waals surface area (Å²) in [5.74, 6) is 0.463. The van der Waals surface area contributed by atoms with Crippen molar-refractivity contribution >= 4 is 0 Å². The molecule has 112 valence electrons. The van der Waals surface area contributed by atoms with Crippen LogP contribution in [-0.4, -0.2) is 47.3 Å². The minimum atomic E-state index is -0.332. The van der Waals surface area contributed by atoms with E-state index in [0.717, 1.165) is 50.9 Å². The van der Waals surface area contributed by atoms with Crippen LogP contribution in [0.4, 0.5) is 0 Å². The molecule has 1 saturated carbocycles. The summed E-state index contributed by atoms with van der Waals surface area (Å²) < 4.78 is 0. The highest BCUT2D eigenvalue weighted by Gasteiger charge is 2.38. The quantitative estimate of drug-likeness (QED) is 0.791. The van der Waals surface area contributed by atoms with Gasteiger partial charge in [0.2, 0.25) is 0 Å². The molecule has 20 heavy (non-hydrogen) atoms. The fourth-order valence-electron chi connectivity index (χ4n) is 3.15. The number of aliphatic hydroxyl groups is 1. The summed E-state index contributed by atoms with van der Waals surface area (Å²) >= 11 is 0. The maximum atomic E-state index is 9.47. The van der Waals surface area contributed by atoms with Crippen molar-refractivity contribution in [2.24, 2.45) is 11.7 Å². The van der Waals surface area contributed by atoms with Gasteiger partial charge in [-0.15, -0.1) is 0 Å². The molecule has 2 rings (SSSR count). The first-order valence-electron chi connectivity index (χ1n) is 7.62. The molecule has 0 bridgehead atoms. The van der Waals surface area contributed by atoms with Gasteiger partial charge in [-0.2, -0.15) is 0 Å². The molecule has 2 unspecified atom stereocenters. The Morgan fingerprint density at radius 2 is 2.30 bits per heavy atom. The molecule has 4 nitrogen and oxygen atoms in total. The molecule has 0 spiro atoms. The number of rotatable bonds is 7. The molecule has 0 saturated heterocycles. The lowest BCUT2D eigenvalue weighted by molar-refractivity contribution is 0.147. The van der Waals surface area contributed by atoms with Gasteiger partial charge in [0.15, 0.2) is 0 Å². The molecule has 1 aliphatic carbocycles. The number of nitrogens with zero attached hydrogens (tertiary/aromatic N) is 2. The summed E-state index contributed by atoms with van der Waals surface area (Å²) in [5.41, 5.74) is 7.09. The van der Waals surface area contributed by atoms with E-state index in [1.54, 1.807) is 0 Å². The first kappa shape index (κ1) is 15.4. The van der Waals surface area contributed by atoms with Crippen molar-refractivity contribution in [2.75, 3.05) is 26.7 Å². The molecule has 1 heterocycles. The third-order valence-corrected chi connectivity index (χ3v) is 4.64. The van der Waals surface area contributed by atoms with Crippen molar-refractivity contribution in [3.05, 3.63) is 30.1 Å². The van der Waals surface area contributed by atoms with Crippen LogP contribution in [0.2, 0.25) is 0 Å². The van der Waals surface area contributed by atoms with Gasteiger partial charge < -0.3 is 15.7 Å². The molecule has 4 heteroatoms. The summed E-state index contributed by atoms with van der Waals surface area (Å²) in [6.45, 7) is 2.17. The summed E-state index contributed by atoms with van der Waals surface area (Å²) in [7, 11) is 2.15. The number of hydrogen-bond acceptors (Lipinski definition) is 4. The van der Waals surface area contributed by atoms with Gasteiger partial charge in [0.1, 0.15) is 0 Å². The van der Waals surface area contributed by atoms with Gasteiger partial charge in [-0.05, 0) is 50.9 Å². The topological polar surface area (TPSA) is 62.4 Å². The van der Waals surface area contributed by atoms with E-state index in [9.17, 15) is 5.11 Å². The van der Waals surface area contributed by atoms with Gasteiger partial charge >= 0.3 is 0 Å². The van der Waals surface area contributed by atoms with Crippen LogP contribution in [0, 0.1) is 5.92 Å². The van der Waals surface area contributed by atoms with Crippen molar-refractivity contribution in [1.29, 1.82) is 0 Å². The number of likely N-dealkylation sites (N-methyl/N-ethyl adjacent to an activating group) is 1. The highest BCUT2D eigenvalue weighted by molar-refractivity contribution is 5.03. The minimum absolute atomic E-state index is 0.120. The molecule has 3 N–H and O–H groups in total. The molecular weight excluding hydrogens is 250 g/mol. The number of hydrogen-bond donors (Lipinski definition) is 2. The van der Waals surface area contributed by atoms with E-state index in [4.69, 9.17) is 5.73 Å². The summed E-state index contributed by atoms with van der Waals surface area (Å²) in [4.78, 5) is 6.68. The van der Waals surface area contributed by atoms with Crippen LogP contribution in [0.15, 0.2) is 24.4 Å². The summed E-state index contributed by atoms with van der Waals surface area (Å²) in [6, 6.07) is 6.05. The molecule has 1 aromatic rings. The molecule has 0 aromatic carbocycles. The Labute approximate surface area is 122 Å². The van der Waals surface area contributed by atoms with Crippen LogP contribution >= 0.6 is 0 Å². The van der Waals surface area contributed by atoms with Crippen LogP contribution in [0.25, 0.3) is 0 Å². The smallest absolute Gasteiger partial charge is 0.0613 e. The van der Waals surface area contributed by atoms with E-state index in [1.807, 2.05) is 18.3 Å². The normalized spacial score (nSPS) is 26.3. The van der Waals surface area contributed by atoms with Crippen molar-refractivity contribution < 1.29 is 5.11 Å². The number of aliphatic hydroxyl groups excluding tert-OH is 1. The Kier molecular flexibility index (Phi) is 5.52. The van der Waals surface area contributed by atoms with Gasteiger partial charge in [-0.1, -0.05) is 12.5 Å². The molecule has 0 aliphatic heterocycles. The second kappa shape index (κ2) is 7.16. The average molecular weight is 277 g/mol. The fourth-order valence-corrected chi connectivity index (χ4v) is 3.15. The zero-order chi connectivity index (χ0) is 14.4. The summed E-state index contributed by atoms with van der Waals surface area (Å²) in [5, 5.41) is 9.47. The first-order chi connectivity index (χ1) is 9.64. The van der Waals surface area contributed by atoms with Crippen LogP contribution in [0.3, 0.4) is 0 Å². The van der Waals surface area contributed by atoms with Crippen molar-refractivity contribution in [3.8, 4) is 0 Å². The van der Waals surface area contributed by atoms with Gasteiger partial charge in [0.05, 0.1) is 6.61 Å². The molecule has 1 aliphatic rings. The number of nitrogens with two attached hydrogens (primary N) is 1. The lowest BCUT2D eigenvalue weighted by Crippen LogP contribution is -2.47. The molecule has 1 aromatic heterocycles. The van der Waals surface area contributed by atoms with Crippen LogP contribution in [0.5, 0.6) is 0 Å². The van der Waals surface area contributed by atoms with Crippen LogP contribution in [-0.2, 0) is 6.42 Å². The fraction of sp³-hybridized carbons (Fsp3) is 0.688. The van der Waals surface area contributed by atoms with Crippen molar-refractivity contribution in [3.63, 3.8) is 0 Å².